The first-order chi connectivity index (χ1) is 6.52. The second-order valence-electron chi connectivity index (χ2n) is 3.07. The number of imide groups is 1. The number of amides is 2. The Kier molecular flexibility index (Phi) is 3.49. The summed E-state index contributed by atoms with van der Waals surface area (Å²) >= 11 is 0. The van der Waals surface area contributed by atoms with E-state index in [1.807, 2.05) is 0 Å². The lowest BCUT2D eigenvalue weighted by Crippen LogP contribution is -2.21. The molecular formula is C8H11NO4P+. The summed E-state index contributed by atoms with van der Waals surface area (Å²) in [6.07, 6.45) is 0.243. The van der Waals surface area contributed by atoms with Crippen molar-refractivity contribution < 1.29 is 18.7 Å². The zero-order valence-electron chi connectivity index (χ0n) is 7.86. The summed E-state index contributed by atoms with van der Waals surface area (Å²) in [7, 11) is -2.37. The number of carbonyl (C=O) groups is 2. The van der Waals surface area contributed by atoms with Crippen LogP contribution in [0.5, 0.6) is 0 Å². The zero-order valence-corrected chi connectivity index (χ0v) is 8.75. The Morgan fingerprint density at radius 3 is 2.43 bits per heavy atom. The topological polar surface area (TPSA) is 63.7 Å². The lowest BCUT2D eigenvalue weighted by atomic mass is 10.4. The number of hydrogen-bond acceptors (Lipinski definition) is 4. The van der Waals surface area contributed by atoms with Crippen molar-refractivity contribution in [2.45, 2.75) is 19.8 Å². The smallest absolute Gasteiger partial charge is 0.270 e. The molecule has 1 aliphatic heterocycles. The summed E-state index contributed by atoms with van der Waals surface area (Å²) in [5, 5.41) is 0. The predicted molar refractivity (Wildman–Crippen MR) is 49.5 cm³/mol. The molecule has 6 heteroatoms. The van der Waals surface area contributed by atoms with Crippen molar-refractivity contribution in [2.24, 2.45) is 0 Å². The summed E-state index contributed by atoms with van der Waals surface area (Å²) in [6, 6.07) is 0. The van der Waals surface area contributed by atoms with Crippen molar-refractivity contribution in [3.8, 4) is 0 Å². The van der Waals surface area contributed by atoms with E-state index >= 15 is 0 Å². The van der Waals surface area contributed by atoms with Crippen LogP contribution in [0.25, 0.3) is 0 Å². The van der Waals surface area contributed by atoms with Crippen LogP contribution in [0, 0.1) is 0 Å². The van der Waals surface area contributed by atoms with Crippen LogP contribution < -0.4 is 0 Å². The molecule has 1 atom stereocenters. The second kappa shape index (κ2) is 4.44. The highest BCUT2D eigenvalue weighted by Crippen LogP contribution is 2.34. The molecule has 1 aliphatic rings. The Bertz CT molecular complexity index is 296. The number of hydrogen-bond donors (Lipinski definition) is 0. The summed E-state index contributed by atoms with van der Waals surface area (Å²) in [5.41, 5.74) is 0.687. The Morgan fingerprint density at radius 2 is 2.00 bits per heavy atom. The highest BCUT2D eigenvalue weighted by atomic mass is 31.1. The van der Waals surface area contributed by atoms with Crippen LogP contribution in [0.15, 0.2) is 12.2 Å². The standard InChI is InChI=1S/C8H11NO4P/c1-6(2)5-13-14(12)9-7(10)3-4-8(9)11/h1,3-5H2,2H3/q+1. The van der Waals surface area contributed by atoms with Gasteiger partial charge in [0.2, 0.25) is 0 Å². The zero-order chi connectivity index (χ0) is 10.7. The van der Waals surface area contributed by atoms with E-state index in [-0.39, 0.29) is 19.4 Å². The van der Waals surface area contributed by atoms with Gasteiger partial charge in [0.1, 0.15) is 6.61 Å². The third-order valence-electron chi connectivity index (χ3n) is 1.61. The fourth-order valence-corrected chi connectivity index (χ4v) is 1.98. The van der Waals surface area contributed by atoms with Gasteiger partial charge in [-0.3, -0.25) is 9.59 Å². The Labute approximate surface area is 82.6 Å². The molecule has 0 aromatic carbocycles. The number of carbonyl (C=O) groups excluding carboxylic acids is 2. The quantitative estimate of drug-likeness (QED) is 0.404. The van der Waals surface area contributed by atoms with Gasteiger partial charge in [0.05, 0.1) is 0 Å². The molecule has 0 aliphatic carbocycles. The van der Waals surface area contributed by atoms with Crippen molar-refractivity contribution in [3.63, 3.8) is 0 Å². The molecule has 0 radical (unpaired) electrons. The van der Waals surface area contributed by atoms with Crippen LogP contribution in [0.3, 0.4) is 0 Å². The van der Waals surface area contributed by atoms with Gasteiger partial charge in [0, 0.05) is 12.8 Å². The monoisotopic (exact) mass is 216 g/mol. The van der Waals surface area contributed by atoms with Gasteiger partial charge in [0.25, 0.3) is 11.8 Å². The van der Waals surface area contributed by atoms with Crippen molar-refractivity contribution >= 4 is 20.0 Å². The number of nitrogens with zero attached hydrogens (tertiary/aromatic N) is 1. The Morgan fingerprint density at radius 1 is 1.50 bits per heavy atom. The molecule has 14 heavy (non-hydrogen) atoms. The molecule has 0 aromatic heterocycles. The van der Waals surface area contributed by atoms with E-state index in [1.54, 1.807) is 6.92 Å². The summed E-state index contributed by atoms with van der Waals surface area (Å²) in [4.78, 5) is 22.2. The Hall–Kier alpha value is -1.06. The van der Waals surface area contributed by atoms with Gasteiger partial charge in [-0.1, -0.05) is 6.58 Å². The summed E-state index contributed by atoms with van der Waals surface area (Å²) < 4.78 is 16.9. The molecule has 1 rings (SSSR count). The molecule has 76 valence electrons. The van der Waals surface area contributed by atoms with E-state index in [4.69, 9.17) is 4.52 Å². The first-order valence-electron chi connectivity index (χ1n) is 4.12. The van der Waals surface area contributed by atoms with Crippen molar-refractivity contribution in [1.82, 2.24) is 4.67 Å². The number of rotatable bonds is 4. The fourth-order valence-electron chi connectivity index (χ4n) is 0.970. The van der Waals surface area contributed by atoms with Crippen LogP contribution in [0.4, 0.5) is 0 Å². The molecule has 2 amide bonds. The van der Waals surface area contributed by atoms with Crippen molar-refractivity contribution in [1.29, 1.82) is 0 Å². The van der Waals surface area contributed by atoms with Crippen LogP contribution in [-0.2, 0) is 18.7 Å². The molecule has 0 aromatic rings. The lowest BCUT2D eigenvalue weighted by Gasteiger charge is -1.97. The third-order valence-corrected chi connectivity index (χ3v) is 2.73. The van der Waals surface area contributed by atoms with Crippen molar-refractivity contribution in [3.05, 3.63) is 12.2 Å². The molecule has 1 heterocycles. The van der Waals surface area contributed by atoms with E-state index in [9.17, 15) is 14.2 Å². The van der Waals surface area contributed by atoms with Crippen molar-refractivity contribution in [2.75, 3.05) is 6.61 Å². The maximum Gasteiger partial charge on any atom is 0.656 e. The van der Waals surface area contributed by atoms with Gasteiger partial charge in [-0.15, -0.1) is 4.52 Å². The van der Waals surface area contributed by atoms with Gasteiger partial charge in [-0.2, -0.15) is 0 Å². The highest BCUT2D eigenvalue weighted by Gasteiger charge is 2.45. The van der Waals surface area contributed by atoms with E-state index in [2.05, 4.69) is 6.58 Å². The van der Waals surface area contributed by atoms with Crippen LogP contribution in [0.1, 0.15) is 19.8 Å². The van der Waals surface area contributed by atoms with E-state index < -0.39 is 20.0 Å². The fraction of sp³-hybridized carbons (Fsp3) is 0.500. The maximum absolute atomic E-state index is 11.3. The normalized spacial score (nSPS) is 17.5. The van der Waals surface area contributed by atoms with E-state index in [1.165, 1.54) is 0 Å². The third kappa shape index (κ3) is 2.47. The molecular weight excluding hydrogens is 205 g/mol. The highest BCUT2D eigenvalue weighted by molar-refractivity contribution is 7.38. The van der Waals surface area contributed by atoms with Gasteiger partial charge >= 0.3 is 8.18 Å². The van der Waals surface area contributed by atoms with Gasteiger partial charge < -0.3 is 0 Å². The lowest BCUT2D eigenvalue weighted by molar-refractivity contribution is -0.132. The van der Waals surface area contributed by atoms with Gasteiger partial charge in [-0.05, 0) is 21.7 Å². The minimum Gasteiger partial charge on any atom is -0.270 e. The first-order valence-corrected chi connectivity index (χ1v) is 5.25. The molecule has 5 nitrogen and oxygen atoms in total. The van der Waals surface area contributed by atoms with E-state index in [0.29, 0.717) is 10.2 Å². The van der Waals surface area contributed by atoms with Gasteiger partial charge in [0.15, 0.2) is 0 Å². The first kappa shape index (κ1) is 11.0. The molecule has 1 fully saturated rings. The van der Waals surface area contributed by atoms with Crippen LogP contribution in [-0.4, -0.2) is 23.1 Å². The van der Waals surface area contributed by atoms with Crippen LogP contribution in [0.2, 0.25) is 0 Å². The van der Waals surface area contributed by atoms with Gasteiger partial charge in [-0.25, -0.2) is 0 Å². The van der Waals surface area contributed by atoms with Crippen LogP contribution >= 0.6 is 8.18 Å². The predicted octanol–water partition coefficient (Wildman–Crippen LogP) is 1.39. The SMILES string of the molecule is C=C(C)CO[P+](=O)N1C(=O)CCC1=O. The molecule has 0 N–H and O–H groups in total. The summed E-state index contributed by atoms with van der Waals surface area (Å²) in [6.45, 7) is 5.34. The molecule has 1 unspecified atom stereocenters. The second-order valence-corrected chi connectivity index (χ2v) is 4.20. The van der Waals surface area contributed by atoms with E-state index in [0.717, 1.165) is 0 Å². The summed E-state index contributed by atoms with van der Waals surface area (Å²) in [5.74, 6) is -0.865. The average Bonchev–Trinajstić information content (AvgIpc) is 2.42. The Balaban J connectivity index is 2.55. The average molecular weight is 216 g/mol. The molecule has 0 saturated carbocycles. The largest absolute Gasteiger partial charge is 0.656 e. The maximum atomic E-state index is 11.3. The molecule has 1 saturated heterocycles. The minimum absolute atomic E-state index is 0.0895. The minimum atomic E-state index is -2.37. The molecule has 0 bridgehead atoms. The molecule has 0 spiro atoms.